The number of guanidine groups is 2. The molecule has 0 heterocycles. The molecule has 16 amide bonds. The van der Waals surface area contributed by atoms with Crippen molar-refractivity contribution in [3.05, 3.63) is 108 Å². The SMILES string of the molecule is CC(C)C[C@H](NC(=O)[C@H](CCCNC(=N)N)NC(=O)[C@H](Cc1ccccc1)NC(=O)[C@H](CC(N)=O)NC(=O)[C@@H](N)Cc1ccccc1)C(=O)N[C@@H](CCCCN)C(=O)N[C@@H](C)C(=O)NCC(=O)N[C@@H](CCC(N)=O)C(=O)N[C@@H](CCCCN)C(=O)N[C@@H](C)C(=O)N[C@@H](CCCNC(=N)N)C(=O)N[C@@H](Cc1ccccc1)C(=O)NCC(N)=O. The molecule has 0 aromatic heterocycles. The maximum Gasteiger partial charge on any atom is 0.243 e. The molecule has 0 fully saturated rings. The second-order valence-corrected chi connectivity index (χ2v) is 28.5. The Morgan fingerprint density at radius 2 is 0.667 bits per heavy atom. The zero-order valence-electron chi connectivity index (χ0n) is 66.6. The highest BCUT2D eigenvalue weighted by Crippen LogP contribution is 2.14. The third kappa shape index (κ3) is 40.4. The molecule has 41 heteroatoms. The number of primary amides is 3. The maximum absolute atomic E-state index is 14.6. The van der Waals surface area contributed by atoms with Gasteiger partial charge in [-0.2, -0.15) is 0 Å². The fraction of sp³-hybridized carbons (Fsp3) is 0.526. The van der Waals surface area contributed by atoms with Crippen molar-refractivity contribution in [3.63, 3.8) is 0 Å². The second-order valence-electron chi connectivity index (χ2n) is 28.5. The molecular formula is C76H119N25O16. The molecule has 3 aromatic rings. The lowest BCUT2D eigenvalue weighted by Crippen LogP contribution is -2.60. The molecule has 0 saturated carbocycles. The summed E-state index contributed by atoms with van der Waals surface area (Å²) in [5.41, 5.74) is 46.9. The lowest BCUT2D eigenvalue weighted by molar-refractivity contribution is -0.136. The maximum atomic E-state index is 14.6. The van der Waals surface area contributed by atoms with Crippen molar-refractivity contribution in [2.75, 3.05) is 39.3 Å². The molecule has 12 atom stereocenters. The van der Waals surface area contributed by atoms with E-state index in [1.54, 1.807) is 105 Å². The largest absolute Gasteiger partial charge is 0.370 e. The summed E-state index contributed by atoms with van der Waals surface area (Å²) in [4.78, 5) is 218. The van der Waals surface area contributed by atoms with Gasteiger partial charge in [-0.1, -0.05) is 105 Å². The highest BCUT2D eigenvalue weighted by atomic mass is 16.2. The number of carbonyl (C=O) groups is 16. The number of hydrogen-bond acceptors (Lipinski definition) is 21. The monoisotopic (exact) mass is 1640 g/mol. The highest BCUT2D eigenvalue weighted by Gasteiger charge is 2.37. The Bertz CT molecular complexity index is 3810. The molecule has 644 valence electrons. The highest BCUT2D eigenvalue weighted by molar-refractivity contribution is 6.00. The first-order valence-electron chi connectivity index (χ1n) is 38.7. The van der Waals surface area contributed by atoms with E-state index in [1.807, 2.05) is 0 Å². The van der Waals surface area contributed by atoms with Gasteiger partial charge < -0.3 is 126 Å². The van der Waals surface area contributed by atoms with Crippen LogP contribution in [0, 0.1) is 16.7 Å². The Hall–Kier alpha value is -12.4. The van der Waals surface area contributed by atoms with E-state index in [4.69, 9.17) is 56.7 Å². The van der Waals surface area contributed by atoms with Gasteiger partial charge in [0, 0.05) is 32.4 Å². The number of benzene rings is 3. The molecule has 0 radical (unpaired) electrons. The van der Waals surface area contributed by atoms with Crippen LogP contribution in [0.5, 0.6) is 0 Å². The number of rotatable bonds is 56. The molecule has 0 unspecified atom stereocenters. The zero-order valence-corrected chi connectivity index (χ0v) is 66.6. The van der Waals surface area contributed by atoms with Crippen LogP contribution in [0.2, 0.25) is 0 Å². The predicted octanol–water partition coefficient (Wildman–Crippen LogP) is -6.90. The summed E-state index contributed by atoms with van der Waals surface area (Å²) in [7, 11) is 0. The topological polar surface area (TPSA) is 709 Å². The van der Waals surface area contributed by atoms with Gasteiger partial charge >= 0.3 is 0 Å². The van der Waals surface area contributed by atoms with E-state index in [-0.39, 0.29) is 115 Å². The molecule has 3 aromatic carbocycles. The first kappa shape index (κ1) is 98.8. The Labute approximate surface area is 679 Å². The van der Waals surface area contributed by atoms with Gasteiger partial charge in [-0.05, 0) is 133 Å². The average molecular weight is 1640 g/mol. The first-order chi connectivity index (χ1) is 55.5. The Kier molecular flexibility index (Phi) is 45.3. The van der Waals surface area contributed by atoms with Gasteiger partial charge in [-0.15, -0.1) is 0 Å². The van der Waals surface area contributed by atoms with Crippen molar-refractivity contribution in [3.8, 4) is 0 Å². The Balaban J connectivity index is 1.82. The summed E-state index contributed by atoms with van der Waals surface area (Å²) in [5, 5.41) is 53.4. The van der Waals surface area contributed by atoms with E-state index in [1.165, 1.54) is 13.8 Å². The molecule has 0 aliphatic rings. The van der Waals surface area contributed by atoms with E-state index in [0.717, 1.165) is 0 Å². The molecule has 0 bridgehead atoms. The number of carbonyl (C=O) groups excluding carboxylic acids is 16. The summed E-state index contributed by atoms with van der Waals surface area (Å²) >= 11 is 0. The van der Waals surface area contributed by atoms with Crippen LogP contribution < -0.4 is 126 Å². The van der Waals surface area contributed by atoms with E-state index >= 15 is 0 Å². The summed E-state index contributed by atoms with van der Waals surface area (Å²) in [6.45, 7) is 5.16. The number of amides is 16. The minimum Gasteiger partial charge on any atom is -0.370 e. The molecular weight excluding hydrogens is 1520 g/mol. The van der Waals surface area contributed by atoms with E-state index in [0.29, 0.717) is 29.5 Å². The van der Waals surface area contributed by atoms with Gasteiger partial charge in [0.25, 0.3) is 0 Å². The van der Waals surface area contributed by atoms with Gasteiger partial charge in [-0.3, -0.25) is 87.5 Å². The van der Waals surface area contributed by atoms with E-state index < -0.39 is 205 Å². The molecule has 0 aliphatic carbocycles. The van der Waals surface area contributed by atoms with Crippen LogP contribution in [0.25, 0.3) is 0 Å². The van der Waals surface area contributed by atoms with Gasteiger partial charge in [0.2, 0.25) is 94.5 Å². The second kappa shape index (κ2) is 53.6. The van der Waals surface area contributed by atoms with Crippen molar-refractivity contribution >= 4 is 106 Å². The van der Waals surface area contributed by atoms with Crippen molar-refractivity contribution in [1.82, 2.24) is 79.8 Å². The average Bonchev–Trinajstić information content (AvgIpc) is 0.860. The third-order valence-electron chi connectivity index (χ3n) is 17.9. The van der Waals surface area contributed by atoms with Crippen molar-refractivity contribution < 1.29 is 76.7 Å². The summed E-state index contributed by atoms with van der Waals surface area (Å²) in [6.07, 6.45) is -0.607. The van der Waals surface area contributed by atoms with Crippen LogP contribution in [0.3, 0.4) is 0 Å². The van der Waals surface area contributed by atoms with Gasteiger partial charge in [0.1, 0.15) is 66.5 Å². The summed E-state index contributed by atoms with van der Waals surface area (Å²) in [6, 6.07) is 8.72. The Morgan fingerprint density at radius 1 is 0.325 bits per heavy atom. The lowest BCUT2D eigenvalue weighted by atomic mass is 10.00. The van der Waals surface area contributed by atoms with Gasteiger partial charge in [-0.25, -0.2) is 0 Å². The van der Waals surface area contributed by atoms with Crippen molar-refractivity contribution in [2.45, 2.75) is 209 Å². The third-order valence-corrected chi connectivity index (χ3v) is 17.9. The smallest absolute Gasteiger partial charge is 0.243 e. The number of nitrogens with one attached hydrogen (secondary N) is 17. The van der Waals surface area contributed by atoms with Crippen LogP contribution >= 0.6 is 0 Å². The van der Waals surface area contributed by atoms with Gasteiger partial charge in [0.15, 0.2) is 11.9 Å². The number of unbranched alkanes of at least 4 members (excludes halogenated alkanes) is 2. The molecule has 0 aliphatic heterocycles. The summed E-state index contributed by atoms with van der Waals surface area (Å²) in [5.74, 6) is -15.5. The molecule has 33 N–H and O–H groups in total. The minimum atomic E-state index is -1.61. The number of hydrogen-bond donors (Lipinski definition) is 25. The summed E-state index contributed by atoms with van der Waals surface area (Å²) < 4.78 is 0. The van der Waals surface area contributed by atoms with Crippen LogP contribution in [0.15, 0.2) is 91.0 Å². The minimum absolute atomic E-state index is 0.0330. The van der Waals surface area contributed by atoms with Crippen LogP contribution in [0.1, 0.15) is 134 Å². The molecule has 0 saturated heterocycles. The van der Waals surface area contributed by atoms with E-state index in [9.17, 15) is 76.7 Å². The molecule has 3 rings (SSSR count). The molecule has 117 heavy (non-hydrogen) atoms. The van der Waals surface area contributed by atoms with Crippen LogP contribution in [-0.4, -0.2) is 218 Å². The molecule has 41 nitrogen and oxygen atoms in total. The standard InChI is InChI=1S/C76H119N25O16/c1-43(2)36-55(99-70(113)53(29-19-35-88-76(85)86)97-73(116)57(39-48-24-12-7-13-25-48)101-74(117)58(40-60(81)103)98-65(108)49(79)37-46-20-8-5-9-21-46)72(115)96-51(27-15-17-33-78)67(110)91-44(3)63(106)90-42-62(105)93-54(30-31-59(80)102)71(114)95-50(26-14-16-32-77)68(111)92-45(4)64(107)94-52(28-18-34-87-75(83)84)69(112)100-56(66(109)89-41-61(82)104)38-47-22-10-6-11-23-47/h5-13,20-25,43-45,49-58H,14-19,26-42,77-79H2,1-4H3,(H2,80,102)(H2,81,103)(H2,82,104)(H,89,109)(H,90,106)(H,91,110)(H,92,111)(H,93,105)(H,94,107)(H,95,114)(H,96,115)(H,97,116)(H,98,108)(H,99,113)(H,100,112)(H,101,117)(H4,83,84,87)(H4,85,86,88)/t44-,45-,49-,50-,51-,52-,53-,54-,55-,56-,57-,58-/m0/s1. The first-order valence-corrected chi connectivity index (χ1v) is 38.7. The fourth-order valence-electron chi connectivity index (χ4n) is 11.7. The molecule has 0 spiro atoms. The quantitative estimate of drug-likeness (QED) is 0.0142. The zero-order chi connectivity index (χ0) is 87.1. The Morgan fingerprint density at radius 3 is 1.08 bits per heavy atom. The van der Waals surface area contributed by atoms with E-state index in [2.05, 4.69) is 79.8 Å². The number of nitrogens with two attached hydrogens (primary N) is 8. The van der Waals surface area contributed by atoms with Crippen LogP contribution in [0.4, 0.5) is 0 Å². The van der Waals surface area contributed by atoms with Crippen molar-refractivity contribution in [2.24, 2.45) is 51.8 Å². The predicted molar refractivity (Wildman–Crippen MR) is 432 cm³/mol. The van der Waals surface area contributed by atoms with Crippen molar-refractivity contribution in [1.29, 1.82) is 10.8 Å². The van der Waals surface area contributed by atoms with Gasteiger partial charge in [0.05, 0.1) is 25.6 Å². The van der Waals surface area contributed by atoms with Crippen LogP contribution in [-0.2, 0) is 96.0 Å². The fourth-order valence-corrected chi connectivity index (χ4v) is 11.7. The lowest BCUT2D eigenvalue weighted by Gasteiger charge is -2.28. The normalized spacial score (nSPS) is 14.0.